The molecule has 1 N–H and O–H groups in total. The van der Waals surface area contributed by atoms with Gasteiger partial charge in [-0.15, -0.1) is 0 Å². The lowest BCUT2D eigenvalue weighted by molar-refractivity contribution is 0.252. The van der Waals surface area contributed by atoms with E-state index in [1.807, 2.05) is 25.2 Å². The highest BCUT2D eigenvalue weighted by molar-refractivity contribution is 5.84. The summed E-state index contributed by atoms with van der Waals surface area (Å²) in [6.45, 7) is 2.16. The average molecular weight is 244 g/mol. The number of fused-ring (bicyclic) bond motifs is 1. The Morgan fingerprint density at radius 3 is 2.39 bits per heavy atom. The van der Waals surface area contributed by atoms with Crippen LogP contribution in [0.1, 0.15) is 18.5 Å². The second-order valence-electron chi connectivity index (χ2n) is 4.72. The maximum absolute atomic E-state index is 5.23. The first kappa shape index (κ1) is 12.9. The number of hydrogen-bond donors (Lipinski definition) is 1. The van der Waals surface area contributed by atoms with E-state index in [9.17, 15) is 0 Å². The molecule has 1 unspecified atom stereocenters. The monoisotopic (exact) mass is 244 g/mol. The van der Waals surface area contributed by atoms with Crippen LogP contribution in [-0.2, 0) is 0 Å². The number of nitrogens with zero attached hydrogens (tertiary/aromatic N) is 1. The molecule has 2 aromatic carbocycles. The zero-order valence-electron chi connectivity index (χ0n) is 11.4. The molecule has 2 rings (SSSR count). The van der Waals surface area contributed by atoms with Crippen LogP contribution in [0.25, 0.3) is 10.8 Å². The van der Waals surface area contributed by atoms with Crippen molar-refractivity contribution in [2.75, 3.05) is 21.2 Å². The van der Waals surface area contributed by atoms with Crippen LogP contribution in [0.5, 0.6) is 5.75 Å². The standard InChI is InChI=1S/C15H20N2O/c1-11(16-17(2)3)12-5-6-14-10-15(18-4)8-7-13(14)9-12/h5-11,16H,1-4H3. The molecule has 3 heteroatoms. The lowest BCUT2D eigenvalue weighted by Gasteiger charge is -2.20. The molecule has 0 saturated heterocycles. The smallest absolute Gasteiger partial charge is 0.119 e. The van der Waals surface area contributed by atoms with E-state index in [-0.39, 0.29) is 0 Å². The van der Waals surface area contributed by atoms with Crippen molar-refractivity contribution >= 4 is 10.8 Å². The second kappa shape index (κ2) is 5.38. The zero-order valence-corrected chi connectivity index (χ0v) is 11.4. The van der Waals surface area contributed by atoms with Gasteiger partial charge in [0.1, 0.15) is 5.75 Å². The summed E-state index contributed by atoms with van der Waals surface area (Å²) in [5.74, 6) is 0.898. The molecule has 0 aliphatic rings. The van der Waals surface area contributed by atoms with E-state index in [2.05, 4.69) is 42.7 Å². The predicted molar refractivity (Wildman–Crippen MR) is 75.7 cm³/mol. The molecule has 0 aliphatic carbocycles. The Hall–Kier alpha value is -1.58. The molecule has 0 aromatic heterocycles. The van der Waals surface area contributed by atoms with Crippen LogP contribution in [0.15, 0.2) is 36.4 Å². The van der Waals surface area contributed by atoms with Crippen molar-refractivity contribution in [3.63, 3.8) is 0 Å². The first-order valence-electron chi connectivity index (χ1n) is 6.11. The molecule has 0 amide bonds. The lowest BCUT2D eigenvalue weighted by Crippen LogP contribution is -2.32. The minimum Gasteiger partial charge on any atom is -0.497 e. The summed E-state index contributed by atoms with van der Waals surface area (Å²) in [5, 5.41) is 4.42. The Balaban J connectivity index is 2.33. The van der Waals surface area contributed by atoms with E-state index in [0.717, 1.165) is 5.75 Å². The second-order valence-corrected chi connectivity index (χ2v) is 4.72. The van der Waals surface area contributed by atoms with Gasteiger partial charge in [-0.25, -0.2) is 5.43 Å². The van der Waals surface area contributed by atoms with Gasteiger partial charge in [0, 0.05) is 20.1 Å². The zero-order chi connectivity index (χ0) is 13.1. The number of methoxy groups -OCH3 is 1. The molecule has 0 saturated carbocycles. The van der Waals surface area contributed by atoms with Crippen molar-refractivity contribution < 1.29 is 4.74 Å². The van der Waals surface area contributed by atoms with E-state index < -0.39 is 0 Å². The first-order chi connectivity index (χ1) is 8.60. The van der Waals surface area contributed by atoms with Crippen molar-refractivity contribution in [2.24, 2.45) is 0 Å². The van der Waals surface area contributed by atoms with Crippen LogP contribution in [-0.4, -0.2) is 26.2 Å². The number of rotatable bonds is 4. The fourth-order valence-electron chi connectivity index (χ4n) is 2.10. The quantitative estimate of drug-likeness (QED) is 0.837. The number of benzene rings is 2. The van der Waals surface area contributed by atoms with Crippen LogP contribution in [0.2, 0.25) is 0 Å². The minimum absolute atomic E-state index is 0.298. The molecule has 96 valence electrons. The van der Waals surface area contributed by atoms with Gasteiger partial charge in [0.05, 0.1) is 7.11 Å². The van der Waals surface area contributed by atoms with Crippen molar-refractivity contribution in [3.8, 4) is 5.75 Å². The van der Waals surface area contributed by atoms with E-state index in [4.69, 9.17) is 4.74 Å². The molecule has 0 radical (unpaired) electrons. The molecular formula is C15H20N2O. The maximum Gasteiger partial charge on any atom is 0.119 e. The Kier molecular flexibility index (Phi) is 3.84. The molecule has 0 fully saturated rings. The number of ether oxygens (including phenoxy) is 1. The summed E-state index contributed by atoms with van der Waals surface area (Å²) in [6, 6.07) is 13.0. The predicted octanol–water partition coefficient (Wildman–Crippen LogP) is 2.98. The Bertz CT molecular complexity index is 537. The Morgan fingerprint density at radius 1 is 1.06 bits per heavy atom. The fourth-order valence-corrected chi connectivity index (χ4v) is 2.10. The van der Waals surface area contributed by atoms with Gasteiger partial charge in [0.2, 0.25) is 0 Å². The molecule has 18 heavy (non-hydrogen) atoms. The first-order valence-corrected chi connectivity index (χ1v) is 6.11. The summed E-state index contributed by atoms with van der Waals surface area (Å²) in [6.07, 6.45) is 0. The normalized spacial score (nSPS) is 12.9. The van der Waals surface area contributed by atoms with Gasteiger partial charge in [0.15, 0.2) is 0 Å². The largest absolute Gasteiger partial charge is 0.497 e. The van der Waals surface area contributed by atoms with Crippen molar-refractivity contribution in [2.45, 2.75) is 13.0 Å². The Morgan fingerprint density at radius 2 is 1.72 bits per heavy atom. The van der Waals surface area contributed by atoms with E-state index in [1.165, 1.54) is 16.3 Å². The van der Waals surface area contributed by atoms with Crippen LogP contribution >= 0.6 is 0 Å². The molecule has 3 nitrogen and oxygen atoms in total. The van der Waals surface area contributed by atoms with Crippen molar-refractivity contribution in [3.05, 3.63) is 42.0 Å². The minimum atomic E-state index is 0.298. The summed E-state index contributed by atoms with van der Waals surface area (Å²) in [7, 11) is 5.70. The summed E-state index contributed by atoms with van der Waals surface area (Å²) in [4.78, 5) is 0. The summed E-state index contributed by atoms with van der Waals surface area (Å²) in [5.41, 5.74) is 4.63. The molecule has 0 spiro atoms. The molecule has 1 atom stereocenters. The van der Waals surface area contributed by atoms with Crippen molar-refractivity contribution in [1.82, 2.24) is 10.4 Å². The van der Waals surface area contributed by atoms with Crippen LogP contribution in [0, 0.1) is 0 Å². The molecular weight excluding hydrogens is 224 g/mol. The average Bonchev–Trinajstić information content (AvgIpc) is 2.36. The van der Waals surface area contributed by atoms with Crippen LogP contribution < -0.4 is 10.2 Å². The topological polar surface area (TPSA) is 24.5 Å². The van der Waals surface area contributed by atoms with Gasteiger partial charge in [-0.1, -0.05) is 18.2 Å². The Labute approximate surface area is 108 Å². The number of hydrogen-bond acceptors (Lipinski definition) is 3. The lowest BCUT2D eigenvalue weighted by atomic mass is 10.0. The highest BCUT2D eigenvalue weighted by Gasteiger charge is 2.06. The maximum atomic E-state index is 5.23. The fraction of sp³-hybridized carbons (Fsp3) is 0.333. The van der Waals surface area contributed by atoms with E-state index in [0.29, 0.717) is 6.04 Å². The van der Waals surface area contributed by atoms with Crippen molar-refractivity contribution in [1.29, 1.82) is 0 Å². The highest BCUT2D eigenvalue weighted by atomic mass is 16.5. The SMILES string of the molecule is COc1ccc2cc(C(C)NN(C)C)ccc2c1. The third-order valence-electron chi connectivity index (χ3n) is 3.02. The van der Waals surface area contributed by atoms with E-state index in [1.54, 1.807) is 7.11 Å². The molecule has 0 bridgehead atoms. The third-order valence-corrected chi connectivity index (χ3v) is 3.02. The van der Waals surface area contributed by atoms with Gasteiger partial charge in [-0.2, -0.15) is 0 Å². The third kappa shape index (κ3) is 2.81. The number of nitrogens with one attached hydrogen (secondary N) is 1. The molecule has 0 heterocycles. The van der Waals surface area contributed by atoms with Gasteiger partial charge < -0.3 is 4.74 Å². The summed E-state index contributed by atoms with van der Waals surface area (Å²) < 4.78 is 5.23. The van der Waals surface area contributed by atoms with Gasteiger partial charge in [0.25, 0.3) is 0 Å². The molecule has 0 aliphatic heterocycles. The molecule has 2 aromatic rings. The van der Waals surface area contributed by atoms with Crippen LogP contribution in [0.4, 0.5) is 0 Å². The summed E-state index contributed by atoms with van der Waals surface area (Å²) >= 11 is 0. The van der Waals surface area contributed by atoms with Crippen LogP contribution in [0.3, 0.4) is 0 Å². The highest BCUT2D eigenvalue weighted by Crippen LogP contribution is 2.24. The number of hydrazine groups is 1. The van der Waals surface area contributed by atoms with Gasteiger partial charge >= 0.3 is 0 Å². The van der Waals surface area contributed by atoms with E-state index >= 15 is 0 Å². The van der Waals surface area contributed by atoms with Gasteiger partial charge in [-0.05, 0) is 41.5 Å². The van der Waals surface area contributed by atoms with Gasteiger partial charge in [-0.3, -0.25) is 5.01 Å².